The third-order valence-electron chi connectivity index (χ3n) is 4.22. The Morgan fingerprint density at radius 1 is 1.04 bits per heavy atom. The number of hydrogen-bond acceptors (Lipinski definition) is 5. The van der Waals surface area contributed by atoms with Gasteiger partial charge in [0.15, 0.2) is 6.61 Å². The van der Waals surface area contributed by atoms with E-state index in [9.17, 15) is 0 Å². The highest BCUT2D eigenvalue weighted by Gasteiger charge is 2.08. The Bertz CT molecular complexity index is 577. The molecule has 132 valence electrons. The normalized spacial score (nSPS) is 11.0. The predicted octanol–water partition coefficient (Wildman–Crippen LogP) is 5.15. The Balaban J connectivity index is 1.80. The summed E-state index contributed by atoms with van der Waals surface area (Å²) in [6.45, 7) is 7.77. The fraction of sp³-hybridized carbons (Fsp3) is 0.579. The molecule has 5 nitrogen and oxygen atoms in total. The first-order chi connectivity index (χ1) is 11.8. The van der Waals surface area contributed by atoms with Gasteiger partial charge in [-0.2, -0.15) is 0 Å². The Labute approximate surface area is 144 Å². The van der Waals surface area contributed by atoms with E-state index in [1.165, 1.54) is 18.4 Å². The Kier molecular flexibility index (Phi) is 7.59. The number of unbranched alkanes of at least 4 members (excludes halogenated alkanes) is 2. The summed E-state index contributed by atoms with van der Waals surface area (Å²) in [5.74, 6) is 1.92. The minimum absolute atomic E-state index is 0.286. The number of benzene rings is 1. The summed E-state index contributed by atoms with van der Waals surface area (Å²) in [5, 5.41) is 11.1. The number of rotatable bonds is 11. The molecule has 2 aromatic rings. The molecule has 0 aliphatic heterocycles. The van der Waals surface area contributed by atoms with Crippen LogP contribution in [0.5, 0.6) is 5.75 Å². The van der Waals surface area contributed by atoms with Gasteiger partial charge in [0, 0.05) is 6.54 Å². The van der Waals surface area contributed by atoms with Gasteiger partial charge in [-0.25, -0.2) is 0 Å². The average Bonchev–Trinajstić information content (AvgIpc) is 3.07. The first-order valence-corrected chi connectivity index (χ1v) is 9.05. The maximum absolute atomic E-state index is 5.73. The lowest BCUT2D eigenvalue weighted by Gasteiger charge is -2.13. The van der Waals surface area contributed by atoms with Crippen molar-refractivity contribution in [1.82, 2.24) is 10.2 Å². The highest BCUT2D eigenvalue weighted by Crippen LogP contribution is 2.25. The van der Waals surface area contributed by atoms with Gasteiger partial charge in [-0.15, -0.1) is 5.10 Å². The summed E-state index contributed by atoms with van der Waals surface area (Å²) < 4.78 is 11.3. The van der Waals surface area contributed by atoms with E-state index in [0.717, 1.165) is 31.6 Å². The number of ether oxygens (including phenoxy) is 1. The summed E-state index contributed by atoms with van der Waals surface area (Å²) in [6, 6.07) is 8.76. The molecule has 0 amide bonds. The van der Waals surface area contributed by atoms with E-state index < -0.39 is 0 Å². The number of aromatic nitrogens is 2. The van der Waals surface area contributed by atoms with E-state index in [4.69, 9.17) is 9.15 Å². The third-order valence-corrected chi connectivity index (χ3v) is 4.22. The van der Waals surface area contributed by atoms with Crippen LogP contribution in [0, 0.1) is 0 Å². The quantitative estimate of drug-likeness (QED) is 0.577. The van der Waals surface area contributed by atoms with Gasteiger partial charge >= 0.3 is 6.01 Å². The van der Waals surface area contributed by atoms with Gasteiger partial charge in [-0.1, -0.05) is 50.8 Å². The van der Waals surface area contributed by atoms with E-state index in [-0.39, 0.29) is 6.61 Å². The van der Waals surface area contributed by atoms with E-state index >= 15 is 0 Å². The fourth-order valence-corrected chi connectivity index (χ4v) is 2.70. The van der Waals surface area contributed by atoms with E-state index in [0.29, 0.717) is 17.8 Å². The van der Waals surface area contributed by atoms with Crippen molar-refractivity contribution in [3.63, 3.8) is 0 Å². The lowest BCUT2D eigenvalue weighted by molar-refractivity contribution is 0.264. The second-order valence-corrected chi connectivity index (χ2v) is 6.01. The van der Waals surface area contributed by atoms with E-state index in [1.54, 1.807) is 0 Å². The molecule has 0 aliphatic rings. The largest absolute Gasteiger partial charge is 0.484 e. The van der Waals surface area contributed by atoms with Crippen LogP contribution in [0.25, 0.3) is 0 Å². The van der Waals surface area contributed by atoms with Crippen molar-refractivity contribution in [3.05, 3.63) is 35.7 Å². The topological polar surface area (TPSA) is 60.2 Å². The van der Waals surface area contributed by atoms with Crippen molar-refractivity contribution in [2.75, 3.05) is 11.9 Å². The number of hydrogen-bond donors (Lipinski definition) is 1. The highest BCUT2D eigenvalue weighted by atomic mass is 16.5. The smallest absolute Gasteiger partial charge is 0.315 e. The lowest BCUT2D eigenvalue weighted by Crippen LogP contribution is -2.01. The van der Waals surface area contributed by atoms with Gasteiger partial charge in [0.05, 0.1) is 0 Å². The maximum atomic E-state index is 5.73. The Hall–Kier alpha value is -2.04. The molecular weight excluding hydrogens is 302 g/mol. The molecule has 0 spiro atoms. The molecule has 0 saturated carbocycles. The van der Waals surface area contributed by atoms with Crippen LogP contribution in [-0.2, 0) is 6.61 Å². The number of nitrogens with one attached hydrogen (secondary N) is 1. The van der Waals surface area contributed by atoms with Gasteiger partial charge < -0.3 is 14.5 Å². The summed E-state index contributed by atoms with van der Waals surface area (Å²) in [6.07, 6.45) is 5.82. The summed E-state index contributed by atoms with van der Waals surface area (Å²) >= 11 is 0. The van der Waals surface area contributed by atoms with Crippen LogP contribution < -0.4 is 10.1 Å². The molecule has 2 rings (SSSR count). The van der Waals surface area contributed by atoms with Crippen LogP contribution in [0.4, 0.5) is 6.01 Å². The standard InChI is InChI=1S/C19H29N3O2/c1-4-7-8-13-20-19-22-21-18(24-19)14-23-17-11-9-16(10-12-17)15(5-2)6-3/h9-12,15H,4-8,13-14H2,1-3H3,(H,20,22). The maximum Gasteiger partial charge on any atom is 0.315 e. The van der Waals surface area contributed by atoms with Crippen LogP contribution in [0.2, 0.25) is 0 Å². The van der Waals surface area contributed by atoms with Crippen molar-refractivity contribution in [1.29, 1.82) is 0 Å². The van der Waals surface area contributed by atoms with E-state index in [2.05, 4.69) is 48.4 Å². The van der Waals surface area contributed by atoms with Gasteiger partial charge in [0.25, 0.3) is 5.89 Å². The van der Waals surface area contributed by atoms with Crippen molar-refractivity contribution >= 4 is 6.01 Å². The zero-order chi connectivity index (χ0) is 17.2. The zero-order valence-electron chi connectivity index (χ0n) is 15.0. The van der Waals surface area contributed by atoms with Gasteiger partial charge in [0.2, 0.25) is 0 Å². The van der Waals surface area contributed by atoms with Gasteiger partial charge in [-0.05, 0) is 42.9 Å². The highest BCUT2D eigenvalue weighted by molar-refractivity contribution is 5.29. The van der Waals surface area contributed by atoms with Crippen LogP contribution >= 0.6 is 0 Å². The molecule has 1 aromatic heterocycles. The monoisotopic (exact) mass is 331 g/mol. The molecule has 0 saturated heterocycles. The summed E-state index contributed by atoms with van der Waals surface area (Å²) in [7, 11) is 0. The molecule has 1 aromatic carbocycles. The van der Waals surface area contributed by atoms with Gasteiger partial charge in [-0.3, -0.25) is 0 Å². The molecule has 0 unspecified atom stereocenters. The van der Waals surface area contributed by atoms with Crippen molar-refractivity contribution < 1.29 is 9.15 Å². The molecule has 5 heteroatoms. The third kappa shape index (κ3) is 5.55. The molecule has 0 aliphatic carbocycles. The number of nitrogens with zero attached hydrogens (tertiary/aromatic N) is 2. The first-order valence-electron chi connectivity index (χ1n) is 9.05. The SMILES string of the molecule is CCCCCNc1nnc(COc2ccc(C(CC)CC)cc2)o1. The molecule has 0 atom stereocenters. The average molecular weight is 331 g/mol. The Morgan fingerprint density at radius 2 is 1.79 bits per heavy atom. The minimum atomic E-state index is 0.286. The minimum Gasteiger partial charge on any atom is -0.484 e. The molecule has 1 heterocycles. The summed E-state index contributed by atoms with van der Waals surface area (Å²) in [5.41, 5.74) is 1.36. The van der Waals surface area contributed by atoms with Gasteiger partial charge in [0.1, 0.15) is 5.75 Å². The molecule has 0 radical (unpaired) electrons. The molecule has 24 heavy (non-hydrogen) atoms. The second kappa shape index (κ2) is 9.96. The lowest BCUT2D eigenvalue weighted by atomic mass is 9.94. The summed E-state index contributed by atoms with van der Waals surface area (Å²) in [4.78, 5) is 0. The molecule has 1 N–H and O–H groups in total. The number of anilines is 1. The Morgan fingerprint density at radius 3 is 2.46 bits per heavy atom. The van der Waals surface area contributed by atoms with Crippen molar-refractivity contribution in [2.45, 2.75) is 65.4 Å². The van der Waals surface area contributed by atoms with Crippen LogP contribution in [0.1, 0.15) is 70.2 Å². The van der Waals surface area contributed by atoms with Crippen LogP contribution in [-0.4, -0.2) is 16.7 Å². The van der Waals surface area contributed by atoms with E-state index in [1.807, 2.05) is 12.1 Å². The van der Waals surface area contributed by atoms with Crippen LogP contribution in [0.15, 0.2) is 28.7 Å². The second-order valence-electron chi connectivity index (χ2n) is 6.01. The van der Waals surface area contributed by atoms with Crippen molar-refractivity contribution in [3.8, 4) is 5.75 Å². The predicted molar refractivity (Wildman–Crippen MR) is 96.4 cm³/mol. The zero-order valence-corrected chi connectivity index (χ0v) is 15.0. The molecule has 0 bridgehead atoms. The fourth-order valence-electron chi connectivity index (χ4n) is 2.70. The first kappa shape index (κ1) is 18.3. The van der Waals surface area contributed by atoms with Crippen LogP contribution in [0.3, 0.4) is 0 Å². The molecule has 0 fully saturated rings. The molecular formula is C19H29N3O2. The van der Waals surface area contributed by atoms with Crippen molar-refractivity contribution in [2.24, 2.45) is 0 Å².